The van der Waals surface area contributed by atoms with Gasteiger partial charge in [0.1, 0.15) is 6.61 Å². The van der Waals surface area contributed by atoms with E-state index in [0.29, 0.717) is 0 Å². The number of hydrogen-bond donors (Lipinski definition) is 1. The van der Waals surface area contributed by atoms with Gasteiger partial charge in [0.25, 0.3) is 5.92 Å². The van der Waals surface area contributed by atoms with Crippen LogP contribution >= 0.6 is 7.83 Å². The molecule has 0 radical (unpaired) electrons. The van der Waals surface area contributed by atoms with E-state index in [1.54, 1.807) is 0 Å². The fourth-order valence-corrected chi connectivity index (χ4v) is 1.35. The second-order valence-corrected chi connectivity index (χ2v) is 3.48. The molecule has 10 heavy (non-hydrogen) atoms. The summed E-state index contributed by atoms with van der Waals surface area (Å²) in [6.45, 7) is -2.05. The first-order chi connectivity index (χ1) is 4.41. The number of nitrogens with one attached hydrogen (secondary N) is 1. The molecule has 0 bridgehead atoms. The molecule has 7 heteroatoms. The van der Waals surface area contributed by atoms with Crippen molar-refractivity contribution >= 4 is 7.83 Å². The lowest BCUT2D eigenvalue weighted by molar-refractivity contribution is -0.0512. The number of rotatable bonds is 0. The van der Waals surface area contributed by atoms with E-state index in [2.05, 4.69) is 4.52 Å². The summed E-state index contributed by atoms with van der Waals surface area (Å²) >= 11 is 0. The fraction of sp³-hybridized carbons (Fsp3) is 1.00. The van der Waals surface area contributed by atoms with E-state index in [4.69, 9.17) is 0 Å². The lowest BCUT2D eigenvalue weighted by atomic mass is 10.4. The van der Waals surface area contributed by atoms with Gasteiger partial charge in [-0.05, 0) is 0 Å². The third-order valence-corrected chi connectivity index (χ3v) is 1.97. The van der Waals surface area contributed by atoms with Gasteiger partial charge in [0.05, 0.1) is 6.54 Å². The molecule has 3 nitrogen and oxygen atoms in total. The van der Waals surface area contributed by atoms with Crippen molar-refractivity contribution < 1.29 is 22.1 Å². The molecule has 60 valence electrons. The predicted octanol–water partition coefficient (Wildman–Crippen LogP) is 1.32. The molecule has 1 unspecified atom stereocenters. The highest BCUT2D eigenvalue weighted by atomic mass is 31.2. The van der Waals surface area contributed by atoms with Gasteiger partial charge in [-0.2, -0.15) is 0 Å². The van der Waals surface area contributed by atoms with Crippen LogP contribution in [0.1, 0.15) is 0 Å². The van der Waals surface area contributed by atoms with Crippen molar-refractivity contribution in [3.05, 3.63) is 0 Å². The molecule has 0 aromatic heterocycles. The molecule has 0 amide bonds. The van der Waals surface area contributed by atoms with Gasteiger partial charge in [-0.3, -0.25) is 4.52 Å². The quantitative estimate of drug-likeness (QED) is 0.564. The van der Waals surface area contributed by atoms with Crippen LogP contribution in [-0.4, -0.2) is 19.1 Å². The minimum Gasteiger partial charge on any atom is -0.287 e. The lowest BCUT2D eigenvalue weighted by Gasteiger charge is -2.24. The highest BCUT2D eigenvalue weighted by molar-refractivity contribution is 7.51. The predicted molar refractivity (Wildman–Crippen MR) is 27.6 cm³/mol. The molecule has 1 N–H and O–H groups in total. The van der Waals surface area contributed by atoms with Crippen molar-refractivity contribution in [3.63, 3.8) is 0 Å². The summed E-state index contributed by atoms with van der Waals surface area (Å²) in [5, 5.41) is 1.47. The Labute approximate surface area is 55.2 Å². The Kier molecular flexibility index (Phi) is 1.78. The van der Waals surface area contributed by atoms with Crippen LogP contribution in [0.4, 0.5) is 13.0 Å². The normalized spacial score (nSPS) is 39.5. The monoisotopic (exact) mass is 175 g/mol. The third-order valence-electron chi connectivity index (χ3n) is 0.968. The minimum atomic E-state index is -4.40. The molecular formula is C3H5F3NO2P. The third kappa shape index (κ3) is 1.97. The van der Waals surface area contributed by atoms with Crippen molar-refractivity contribution in [1.29, 1.82) is 0 Å². The van der Waals surface area contributed by atoms with Crippen LogP contribution in [0.3, 0.4) is 0 Å². The molecule has 1 heterocycles. The molecule has 1 atom stereocenters. The Hall–Kier alpha value is -0.0600. The zero-order valence-corrected chi connectivity index (χ0v) is 5.71. The van der Waals surface area contributed by atoms with E-state index in [1.165, 1.54) is 5.09 Å². The maximum Gasteiger partial charge on any atom is 0.443 e. The summed E-state index contributed by atoms with van der Waals surface area (Å²) in [7, 11) is -4.40. The van der Waals surface area contributed by atoms with Gasteiger partial charge in [-0.25, -0.2) is 18.4 Å². The van der Waals surface area contributed by atoms with Crippen LogP contribution in [0.5, 0.6) is 0 Å². The second-order valence-electron chi connectivity index (χ2n) is 1.94. The van der Waals surface area contributed by atoms with Crippen molar-refractivity contribution in [1.82, 2.24) is 5.09 Å². The summed E-state index contributed by atoms with van der Waals surface area (Å²) in [5.41, 5.74) is 0. The lowest BCUT2D eigenvalue weighted by Crippen LogP contribution is -2.39. The summed E-state index contributed by atoms with van der Waals surface area (Å²) in [6.07, 6.45) is 0. The van der Waals surface area contributed by atoms with Crippen molar-refractivity contribution in [3.8, 4) is 0 Å². The number of hydrogen-bond acceptors (Lipinski definition) is 2. The second kappa shape index (κ2) is 2.22. The average Bonchev–Trinajstić information content (AvgIpc) is 1.79. The molecule has 1 saturated heterocycles. The van der Waals surface area contributed by atoms with E-state index >= 15 is 0 Å². The topological polar surface area (TPSA) is 38.3 Å². The molecule has 1 fully saturated rings. The van der Waals surface area contributed by atoms with E-state index < -0.39 is 26.9 Å². The van der Waals surface area contributed by atoms with Crippen LogP contribution in [0.2, 0.25) is 0 Å². The van der Waals surface area contributed by atoms with Crippen molar-refractivity contribution in [2.24, 2.45) is 0 Å². The molecule has 0 spiro atoms. The Bertz CT molecular complexity index is 171. The first kappa shape index (κ1) is 8.04. The Balaban J connectivity index is 2.54. The summed E-state index contributed by atoms with van der Waals surface area (Å²) < 4.78 is 50.1. The zero-order chi connectivity index (χ0) is 7.83. The molecule has 0 aromatic rings. The molecule has 1 aliphatic heterocycles. The van der Waals surface area contributed by atoms with Crippen LogP contribution < -0.4 is 5.09 Å². The van der Waals surface area contributed by atoms with Gasteiger partial charge in [0, 0.05) is 0 Å². The van der Waals surface area contributed by atoms with Crippen LogP contribution in [0, 0.1) is 0 Å². The number of alkyl halides is 2. The number of halogens is 3. The van der Waals surface area contributed by atoms with Gasteiger partial charge in [-0.1, -0.05) is 0 Å². The molecule has 0 aromatic carbocycles. The maximum atomic E-state index is 12.1. The van der Waals surface area contributed by atoms with E-state index in [1.807, 2.05) is 0 Å². The average molecular weight is 175 g/mol. The van der Waals surface area contributed by atoms with Crippen molar-refractivity contribution in [2.75, 3.05) is 13.2 Å². The summed E-state index contributed by atoms with van der Waals surface area (Å²) in [4.78, 5) is 0. The minimum absolute atomic E-state index is 0.930. The molecule has 1 aliphatic rings. The van der Waals surface area contributed by atoms with Crippen molar-refractivity contribution in [2.45, 2.75) is 5.92 Å². The van der Waals surface area contributed by atoms with Crippen LogP contribution in [0.25, 0.3) is 0 Å². The highest BCUT2D eigenvalue weighted by Gasteiger charge is 2.41. The summed E-state index contributed by atoms with van der Waals surface area (Å²) in [5.74, 6) is -3.11. The van der Waals surface area contributed by atoms with E-state index in [-0.39, 0.29) is 0 Å². The zero-order valence-electron chi connectivity index (χ0n) is 4.81. The molecule has 0 saturated carbocycles. The van der Waals surface area contributed by atoms with Gasteiger partial charge in [-0.15, -0.1) is 4.20 Å². The largest absolute Gasteiger partial charge is 0.443 e. The van der Waals surface area contributed by atoms with Gasteiger partial charge in [0.15, 0.2) is 0 Å². The van der Waals surface area contributed by atoms with Gasteiger partial charge >= 0.3 is 7.83 Å². The molecular weight excluding hydrogens is 170 g/mol. The Morgan fingerprint density at radius 3 is 2.50 bits per heavy atom. The molecule has 1 rings (SSSR count). The van der Waals surface area contributed by atoms with Crippen LogP contribution in [-0.2, 0) is 9.09 Å². The highest BCUT2D eigenvalue weighted by Crippen LogP contribution is 2.48. The first-order valence-electron chi connectivity index (χ1n) is 2.49. The SMILES string of the molecule is O=P1(F)NCC(F)(F)CO1. The summed E-state index contributed by atoms with van der Waals surface area (Å²) in [6, 6.07) is 0. The maximum absolute atomic E-state index is 12.1. The van der Waals surface area contributed by atoms with Gasteiger partial charge in [0.2, 0.25) is 0 Å². The standard InChI is InChI=1S/C3H5F3NO2P/c4-3(5)1-7-10(6,8)9-2-3/h1-2H2,(H,7,8). The van der Waals surface area contributed by atoms with Gasteiger partial charge < -0.3 is 0 Å². The fourth-order valence-electron chi connectivity index (χ4n) is 0.484. The first-order valence-corrected chi connectivity index (χ1v) is 4.00. The smallest absolute Gasteiger partial charge is 0.287 e. The Morgan fingerprint density at radius 2 is 2.20 bits per heavy atom. The van der Waals surface area contributed by atoms with Crippen LogP contribution in [0.15, 0.2) is 0 Å². The molecule has 0 aliphatic carbocycles. The van der Waals surface area contributed by atoms with E-state index in [0.717, 1.165) is 0 Å². The van der Waals surface area contributed by atoms with E-state index in [9.17, 15) is 17.5 Å². The Morgan fingerprint density at radius 1 is 1.60 bits per heavy atom.